The smallest absolute Gasteiger partial charge is 0.335 e. The van der Waals surface area contributed by atoms with Crippen LogP contribution in [-0.2, 0) is 4.79 Å². The van der Waals surface area contributed by atoms with E-state index in [9.17, 15) is 9.59 Å². The third kappa shape index (κ3) is 4.04. The quantitative estimate of drug-likeness (QED) is 0.731. The van der Waals surface area contributed by atoms with Gasteiger partial charge in [0, 0.05) is 6.04 Å². The summed E-state index contributed by atoms with van der Waals surface area (Å²) in [7, 11) is 0. The van der Waals surface area contributed by atoms with Crippen LogP contribution in [0.3, 0.4) is 0 Å². The third-order valence-electron chi connectivity index (χ3n) is 4.02. The lowest BCUT2D eigenvalue weighted by molar-refractivity contribution is -0.119. The summed E-state index contributed by atoms with van der Waals surface area (Å²) in [6, 6.07) is 5.05. The maximum Gasteiger partial charge on any atom is 0.335 e. The SMILES string of the molecule is O=C(CSc1nc2ccc(C(=O)O)cc2[nH]1)NC1CCCCC1. The normalized spacial score (nSPS) is 15.7. The van der Waals surface area contributed by atoms with Crippen LogP contribution in [0.15, 0.2) is 23.4 Å². The Labute approximate surface area is 138 Å². The fourth-order valence-electron chi connectivity index (χ4n) is 2.84. The van der Waals surface area contributed by atoms with E-state index >= 15 is 0 Å². The molecule has 1 aromatic carbocycles. The largest absolute Gasteiger partial charge is 0.478 e. The van der Waals surface area contributed by atoms with Gasteiger partial charge in [0.2, 0.25) is 5.91 Å². The first kappa shape index (κ1) is 15.9. The topological polar surface area (TPSA) is 95.1 Å². The van der Waals surface area contributed by atoms with E-state index in [-0.39, 0.29) is 11.5 Å². The highest BCUT2D eigenvalue weighted by Crippen LogP contribution is 2.21. The number of rotatable bonds is 5. The Balaban J connectivity index is 1.58. The number of carboxylic acid groups (broad SMARTS) is 1. The number of imidazole rings is 1. The Hall–Kier alpha value is -2.02. The summed E-state index contributed by atoms with van der Waals surface area (Å²) in [6.07, 6.45) is 5.78. The molecule has 1 aromatic heterocycles. The van der Waals surface area contributed by atoms with Crippen LogP contribution in [0.1, 0.15) is 42.5 Å². The van der Waals surface area contributed by atoms with Crippen LogP contribution in [0, 0.1) is 0 Å². The number of benzene rings is 1. The zero-order valence-electron chi connectivity index (χ0n) is 12.7. The second-order valence-corrected chi connectivity index (χ2v) is 6.73. The van der Waals surface area contributed by atoms with Gasteiger partial charge in [-0.05, 0) is 31.0 Å². The van der Waals surface area contributed by atoms with Crippen LogP contribution in [0.2, 0.25) is 0 Å². The average Bonchev–Trinajstić information content (AvgIpc) is 2.96. The summed E-state index contributed by atoms with van der Waals surface area (Å²) in [6.45, 7) is 0. The number of aromatic amines is 1. The van der Waals surface area contributed by atoms with E-state index in [0.29, 0.717) is 28.0 Å². The molecule has 0 bridgehead atoms. The van der Waals surface area contributed by atoms with Crippen molar-refractivity contribution >= 4 is 34.7 Å². The first-order valence-electron chi connectivity index (χ1n) is 7.77. The number of amides is 1. The van der Waals surface area contributed by atoms with E-state index in [4.69, 9.17) is 5.11 Å². The maximum atomic E-state index is 12.0. The Bertz CT molecular complexity index is 722. The predicted molar refractivity (Wildman–Crippen MR) is 88.8 cm³/mol. The Morgan fingerprint density at radius 3 is 2.83 bits per heavy atom. The molecule has 1 aliphatic rings. The fourth-order valence-corrected chi connectivity index (χ4v) is 3.53. The van der Waals surface area contributed by atoms with Crippen LogP contribution in [-0.4, -0.2) is 38.7 Å². The summed E-state index contributed by atoms with van der Waals surface area (Å²) in [4.78, 5) is 30.4. The second kappa shape index (κ2) is 7.04. The van der Waals surface area contributed by atoms with Gasteiger partial charge in [0.05, 0.1) is 22.3 Å². The monoisotopic (exact) mass is 333 g/mol. The van der Waals surface area contributed by atoms with Crippen molar-refractivity contribution in [3.05, 3.63) is 23.8 Å². The average molecular weight is 333 g/mol. The van der Waals surface area contributed by atoms with Crippen molar-refractivity contribution in [2.45, 2.75) is 43.3 Å². The van der Waals surface area contributed by atoms with Crippen molar-refractivity contribution in [1.29, 1.82) is 0 Å². The van der Waals surface area contributed by atoms with Gasteiger partial charge in [-0.15, -0.1) is 0 Å². The number of fused-ring (bicyclic) bond motifs is 1. The number of nitrogens with zero attached hydrogens (tertiary/aromatic N) is 1. The van der Waals surface area contributed by atoms with Gasteiger partial charge >= 0.3 is 5.97 Å². The van der Waals surface area contributed by atoms with Gasteiger partial charge in [0.15, 0.2) is 5.16 Å². The Kier molecular flexibility index (Phi) is 4.85. The molecule has 1 aliphatic carbocycles. The number of carboxylic acids is 1. The van der Waals surface area contributed by atoms with E-state index in [1.165, 1.54) is 37.1 Å². The minimum absolute atomic E-state index is 0.0218. The Morgan fingerprint density at radius 1 is 1.30 bits per heavy atom. The van der Waals surface area contributed by atoms with Crippen molar-refractivity contribution in [3.63, 3.8) is 0 Å². The predicted octanol–water partition coefficient (Wildman–Crippen LogP) is 2.80. The van der Waals surface area contributed by atoms with E-state index in [1.807, 2.05) is 0 Å². The molecule has 0 unspecified atom stereocenters. The molecule has 0 radical (unpaired) electrons. The number of aromatic carboxylic acids is 1. The molecule has 1 heterocycles. The van der Waals surface area contributed by atoms with Gasteiger partial charge in [-0.25, -0.2) is 9.78 Å². The summed E-state index contributed by atoms with van der Waals surface area (Å²) in [5.74, 6) is -0.640. The number of carbonyl (C=O) groups is 2. The molecule has 1 amide bonds. The lowest BCUT2D eigenvalue weighted by atomic mass is 9.95. The highest BCUT2D eigenvalue weighted by molar-refractivity contribution is 7.99. The van der Waals surface area contributed by atoms with E-state index in [1.54, 1.807) is 12.1 Å². The number of hydrogen-bond donors (Lipinski definition) is 3. The first-order chi connectivity index (χ1) is 11.1. The fraction of sp³-hybridized carbons (Fsp3) is 0.438. The minimum atomic E-state index is -0.970. The van der Waals surface area contributed by atoms with E-state index < -0.39 is 5.97 Å². The maximum absolute atomic E-state index is 12.0. The molecule has 0 spiro atoms. The van der Waals surface area contributed by atoms with E-state index in [0.717, 1.165) is 12.8 Å². The molecule has 2 aromatic rings. The summed E-state index contributed by atoms with van der Waals surface area (Å²) < 4.78 is 0. The molecule has 122 valence electrons. The summed E-state index contributed by atoms with van der Waals surface area (Å²) in [5.41, 5.74) is 1.58. The number of thioether (sulfide) groups is 1. The van der Waals surface area contributed by atoms with Gasteiger partial charge in [-0.1, -0.05) is 31.0 Å². The number of H-pyrrole nitrogens is 1. The summed E-state index contributed by atoms with van der Waals surface area (Å²) in [5, 5.41) is 12.7. The van der Waals surface area contributed by atoms with Crippen molar-refractivity contribution in [2.24, 2.45) is 0 Å². The molecular weight excluding hydrogens is 314 g/mol. The first-order valence-corrected chi connectivity index (χ1v) is 8.75. The minimum Gasteiger partial charge on any atom is -0.478 e. The van der Waals surface area contributed by atoms with Crippen molar-refractivity contribution < 1.29 is 14.7 Å². The molecule has 7 heteroatoms. The molecule has 3 N–H and O–H groups in total. The van der Waals surface area contributed by atoms with Crippen molar-refractivity contribution in [1.82, 2.24) is 15.3 Å². The molecule has 0 aliphatic heterocycles. The molecule has 6 nitrogen and oxygen atoms in total. The van der Waals surface area contributed by atoms with Crippen molar-refractivity contribution in [3.8, 4) is 0 Å². The molecule has 3 rings (SSSR count). The number of nitrogens with one attached hydrogen (secondary N) is 2. The molecule has 1 fully saturated rings. The molecule has 0 atom stereocenters. The van der Waals surface area contributed by atoms with Gasteiger partial charge < -0.3 is 15.4 Å². The molecule has 0 saturated heterocycles. The van der Waals surface area contributed by atoms with Crippen LogP contribution >= 0.6 is 11.8 Å². The zero-order valence-corrected chi connectivity index (χ0v) is 13.5. The molecule has 23 heavy (non-hydrogen) atoms. The zero-order chi connectivity index (χ0) is 16.2. The number of aromatic nitrogens is 2. The lowest BCUT2D eigenvalue weighted by Crippen LogP contribution is -2.37. The highest BCUT2D eigenvalue weighted by atomic mass is 32.2. The lowest BCUT2D eigenvalue weighted by Gasteiger charge is -2.22. The molecular formula is C16H19N3O3S. The van der Waals surface area contributed by atoms with Gasteiger partial charge in [0.25, 0.3) is 0 Å². The number of hydrogen-bond acceptors (Lipinski definition) is 4. The highest BCUT2D eigenvalue weighted by Gasteiger charge is 2.16. The molecule has 1 saturated carbocycles. The third-order valence-corrected chi connectivity index (χ3v) is 4.89. The standard InChI is InChI=1S/C16H19N3O3S/c20-14(17-11-4-2-1-3-5-11)9-23-16-18-12-7-6-10(15(21)22)8-13(12)19-16/h6-8,11H,1-5,9H2,(H,17,20)(H,18,19)(H,21,22). The second-order valence-electron chi connectivity index (χ2n) is 5.77. The van der Waals surface area contributed by atoms with Gasteiger partial charge in [0.1, 0.15) is 0 Å². The Morgan fingerprint density at radius 2 is 2.09 bits per heavy atom. The van der Waals surface area contributed by atoms with Gasteiger partial charge in [-0.3, -0.25) is 4.79 Å². The summed E-state index contributed by atoms with van der Waals surface area (Å²) >= 11 is 1.33. The van der Waals surface area contributed by atoms with Crippen LogP contribution < -0.4 is 5.32 Å². The van der Waals surface area contributed by atoms with Crippen LogP contribution in [0.4, 0.5) is 0 Å². The van der Waals surface area contributed by atoms with Crippen LogP contribution in [0.25, 0.3) is 11.0 Å². The van der Waals surface area contributed by atoms with Crippen LogP contribution in [0.5, 0.6) is 0 Å². The van der Waals surface area contributed by atoms with Gasteiger partial charge in [-0.2, -0.15) is 0 Å². The van der Waals surface area contributed by atoms with E-state index in [2.05, 4.69) is 15.3 Å². The number of carbonyl (C=O) groups excluding carboxylic acids is 1. The van der Waals surface area contributed by atoms with Crippen molar-refractivity contribution in [2.75, 3.05) is 5.75 Å².